The molecule has 4 aromatic rings. The summed E-state index contributed by atoms with van der Waals surface area (Å²) in [6.45, 7) is 3.65. The molecule has 0 saturated carbocycles. The smallest absolute Gasteiger partial charge is 0.338 e. The second-order valence-electron chi connectivity index (χ2n) is 8.24. The van der Waals surface area contributed by atoms with E-state index in [0.29, 0.717) is 38.6 Å². The summed E-state index contributed by atoms with van der Waals surface area (Å²) in [6, 6.07) is 16.8. The molecule has 0 radical (unpaired) electrons. The Morgan fingerprint density at radius 3 is 2.33 bits per heavy atom. The van der Waals surface area contributed by atoms with E-state index < -0.39 is 5.97 Å². The van der Waals surface area contributed by atoms with Gasteiger partial charge in [-0.15, -0.1) is 0 Å². The van der Waals surface area contributed by atoms with Gasteiger partial charge in [-0.25, -0.2) is 4.79 Å². The topological polar surface area (TPSA) is 84.2 Å². The number of methoxy groups -OCH3 is 2. The summed E-state index contributed by atoms with van der Waals surface area (Å²) in [6.07, 6.45) is -0.212. The summed E-state index contributed by atoms with van der Waals surface area (Å²) in [4.78, 5) is 25.6. The van der Waals surface area contributed by atoms with Crippen molar-refractivity contribution in [2.75, 3.05) is 14.2 Å². The molecular weight excluding hydrogens is 484 g/mol. The fraction of sp³-hybridized carbons (Fsp3) is 0.214. The van der Waals surface area contributed by atoms with E-state index in [0.717, 1.165) is 5.56 Å². The van der Waals surface area contributed by atoms with E-state index in [1.807, 2.05) is 0 Å². The van der Waals surface area contributed by atoms with Crippen molar-refractivity contribution in [3.63, 3.8) is 0 Å². The van der Waals surface area contributed by atoms with Gasteiger partial charge in [0.1, 0.15) is 12.2 Å². The van der Waals surface area contributed by atoms with E-state index in [2.05, 4.69) is 0 Å². The third kappa shape index (κ3) is 5.31. The van der Waals surface area contributed by atoms with E-state index >= 15 is 0 Å². The van der Waals surface area contributed by atoms with Gasteiger partial charge in [0, 0.05) is 10.6 Å². The summed E-state index contributed by atoms with van der Waals surface area (Å²) in [5, 5.41) is 0.706. The molecule has 8 heteroatoms. The van der Waals surface area contributed by atoms with Crippen LogP contribution in [0.1, 0.15) is 29.8 Å². The number of fused-ring (bicyclic) bond motifs is 1. The highest BCUT2D eigenvalue weighted by Crippen LogP contribution is 2.37. The van der Waals surface area contributed by atoms with Crippen molar-refractivity contribution in [3.05, 3.63) is 87.0 Å². The van der Waals surface area contributed by atoms with Crippen molar-refractivity contribution in [2.24, 2.45) is 0 Å². The highest BCUT2D eigenvalue weighted by molar-refractivity contribution is 6.31. The largest absolute Gasteiger partial charge is 0.493 e. The molecule has 0 fully saturated rings. The van der Waals surface area contributed by atoms with E-state index in [4.69, 9.17) is 35.0 Å². The monoisotopic (exact) mass is 508 g/mol. The Hall–Kier alpha value is -3.97. The molecule has 0 atom stereocenters. The van der Waals surface area contributed by atoms with E-state index in [1.165, 1.54) is 7.11 Å². The Morgan fingerprint density at radius 1 is 0.944 bits per heavy atom. The summed E-state index contributed by atoms with van der Waals surface area (Å²) in [5.74, 6) is 0.881. The standard InChI is InChI=1S/C28H25ClO7/c1-16(2)35-28(31)18-7-5-17(6-8-18)15-34-27-25(30)21-14-20(29)10-12-22(21)36-26(27)19-9-11-23(32-3)24(13-19)33-4/h5-14,16H,15H2,1-4H3. The molecule has 0 aliphatic heterocycles. The third-order valence-corrected chi connectivity index (χ3v) is 5.61. The molecule has 0 saturated heterocycles. The second-order valence-corrected chi connectivity index (χ2v) is 8.68. The first-order valence-corrected chi connectivity index (χ1v) is 11.6. The number of carbonyl (C=O) groups is 1. The maximum Gasteiger partial charge on any atom is 0.338 e. The van der Waals surface area contributed by atoms with E-state index in [9.17, 15) is 9.59 Å². The number of ether oxygens (including phenoxy) is 4. The Balaban J connectivity index is 1.72. The van der Waals surface area contributed by atoms with Crippen molar-refractivity contribution in [1.29, 1.82) is 0 Å². The van der Waals surface area contributed by atoms with Gasteiger partial charge in [-0.3, -0.25) is 4.79 Å². The number of rotatable bonds is 8. The minimum absolute atomic E-state index is 0.0280. The van der Waals surface area contributed by atoms with Crippen LogP contribution in [-0.2, 0) is 11.3 Å². The zero-order valence-corrected chi connectivity index (χ0v) is 21.0. The van der Waals surface area contributed by atoms with Gasteiger partial charge in [0.05, 0.1) is 31.3 Å². The van der Waals surface area contributed by atoms with Gasteiger partial charge in [-0.2, -0.15) is 0 Å². The molecule has 1 aromatic heterocycles. The van der Waals surface area contributed by atoms with Crippen LogP contribution < -0.4 is 19.6 Å². The van der Waals surface area contributed by atoms with Crippen molar-refractivity contribution < 1.29 is 28.2 Å². The third-order valence-electron chi connectivity index (χ3n) is 5.37. The van der Waals surface area contributed by atoms with Crippen LogP contribution in [0.3, 0.4) is 0 Å². The normalized spacial score (nSPS) is 10.9. The van der Waals surface area contributed by atoms with Crippen LogP contribution in [0, 0.1) is 0 Å². The molecule has 3 aromatic carbocycles. The number of carbonyl (C=O) groups excluding carboxylic acids is 1. The van der Waals surface area contributed by atoms with Crippen LogP contribution in [0.15, 0.2) is 69.9 Å². The molecule has 0 aliphatic rings. The Morgan fingerprint density at radius 2 is 1.67 bits per heavy atom. The van der Waals surface area contributed by atoms with Crippen molar-refractivity contribution in [3.8, 4) is 28.6 Å². The van der Waals surface area contributed by atoms with Crippen molar-refractivity contribution in [1.82, 2.24) is 0 Å². The SMILES string of the molecule is COc1ccc(-c2oc3ccc(Cl)cc3c(=O)c2OCc2ccc(C(=O)OC(C)C)cc2)cc1OC. The molecule has 0 unspecified atom stereocenters. The van der Waals surface area contributed by atoms with Crippen LogP contribution in [0.25, 0.3) is 22.3 Å². The van der Waals surface area contributed by atoms with Gasteiger partial charge in [-0.05, 0) is 67.9 Å². The maximum absolute atomic E-state index is 13.5. The van der Waals surface area contributed by atoms with Gasteiger partial charge in [0.15, 0.2) is 17.3 Å². The first-order valence-electron chi connectivity index (χ1n) is 11.2. The molecule has 4 rings (SSSR count). The molecule has 36 heavy (non-hydrogen) atoms. The molecule has 0 amide bonds. The Labute approximate surface area is 213 Å². The van der Waals surface area contributed by atoms with Gasteiger partial charge in [0.2, 0.25) is 11.2 Å². The molecule has 0 aliphatic carbocycles. The Bertz CT molecular complexity index is 1460. The number of benzene rings is 3. The van der Waals surface area contributed by atoms with Gasteiger partial charge in [0.25, 0.3) is 0 Å². The first kappa shape index (κ1) is 25.1. The lowest BCUT2D eigenvalue weighted by Gasteiger charge is -2.14. The zero-order chi connectivity index (χ0) is 25.8. The average Bonchev–Trinajstić information content (AvgIpc) is 2.87. The van der Waals surface area contributed by atoms with E-state index in [-0.39, 0.29) is 29.6 Å². The lowest BCUT2D eigenvalue weighted by atomic mass is 10.1. The number of halogens is 1. The van der Waals surface area contributed by atoms with Crippen LogP contribution in [0.4, 0.5) is 0 Å². The molecule has 0 bridgehead atoms. The van der Waals surface area contributed by atoms with Gasteiger partial charge >= 0.3 is 5.97 Å². The highest BCUT2D eigenvalue weighted by atomic mass is 35.5. The summed E-state index contributed by atoms with van der Waals surface area (Å²) < 4.78 is 28.1. The minimum atomic E-state index is -0.403. The highest BCUT2D eigenvalue weighted by Gasteiger charge is 2.20. The molecule has 7 nitrogen and oxygen atoms in total. The van der Waals surface area contributed by atoms with Crippen LogP contribution in [0.2, 0.25) is 5.02 Å². The number of hydrogen-bond donors (Lipinski definition) is 0. The van der Waals surface area contributed by atoms with Crippen LogP contribution >= 0.6 is 11.6 Å². The fourth-order valence-electron chi connectivity index (χ4n) is 3.62. The van der Waals surface area contributed by atoms with Gasteiger partial charge in [-0.1, -0.05) is 23.7 Å². The molecular formula is C28H25ClO7. The van der Waals surface area contributed by atoms with Crippen molar-refractivity contribution >= 4 is 28.5 Å². The molecule has 1 heterocycles. The quantitative estimate of drug-likeness (QED) is 0.259. The second kappa shape index (κ2) is 10.7. The summed E-state index contributed by atoms with van der Waals surface area (Å²) in [7, 11) is 3.07. The average molecular weight is 509 g/mol. The lowest BCUT2D eigenvalue weighted by Crippen LogP contribution is -2.12. The summed E-state index contributed by atoms with van der Waals surface area (Å²) in [5.41, 5.74) is 1.76. The molecule has 0 spiro atoms. The minimum Gasteiger partial charge on any atom is -0.493 e. The number of esters is 1. The lowest BCUT2D eigenvalue weighted by molar-refractivity contribution is 0.0378. The fourth-order valence-corrected chi connectivity index (χ4v) is 3.80. The maximum atomic E-state index is 13.5. The predicted octanol–water partition coefficient (Wildman–Crippen LogP) is 6.27. The Kier molecular flexibility index (Phi) is 7.50. The zero-order valence-electron chi connectivity index (χ0n) is 20.3. The van der Waals surface area contributed by atoms with Crippen molar-refractivity contribution in [2.45, 2.75) is 26.6 Å². The van der Waals surface area contributed by atoms with E-state index in [1.54, 1.807) is 81.6 Å². The number of hydrogen-bond acceptors (Lipinski definition) is 7. The van der Waals surface area contributed by atoms with Crippen LogP contribution in [-0.4, -0.2) is 26.3 Å². The summed E-state index contributed by atoms with van der Waals surface area (Å²) >= 11 is 6.13. The van der Waals surface area contributed by atoms with Crippen LogP contribution in [0.5, 0.6) is 17.2 Å². The molecule has 0 N–H and O–H groups in total. The predicted molar refractivity (Wildman–Crippen MR) is 137 cm³/mol. The first-order chi connectivity index (χ1) is 17.3. The molecule has 186 valence electrons. The van der Waals surface area contributed by atoms with Gasteiger partial charge < -0.3 is 23.4 Å².